The monoisotopic (exact) mass is 488 g/mol. The number of hydrogen-bond donors (Lipinski definition) is 3. The molecule has 1 heterocycles. The zero-order chi connectivity index (χ0) is 24.9. The van der Waals surface area contributed by atoms with Crippen LogP contribution in [-0.4, -0.2) is 28.9 Å². The summed E-state index contributed by atoms with van der Waals surface area (Å²) in [6.07, 6.45) is 0.592. The second-order valence-corrected chi connectivity index (χ2v) is 8.66. The molecule has 4 aromatic rings. The van der Waals surface area contributed by atoms with Gasteiger partial charge in [0.2, 0.25) is 0 Å². The second-order valence-electron chi connectivity index (χ2n) is 8.22. The number of benzene rings is 3. The molecule has 0 radical (unpaired) electrons. The Morgan fingerprint density at radius 3 is 2.29 bits per heavy atom. The fraction of sp³-hybridized carbons (Fsp3) is 0.148. The summed E-state index contributed by atoms with van der Waals surface area (Å²) in [6.45, 7) is 4.11. The van der Waals surface area contributed by atoms with Crippen LogP contribution in [0.15, 0.2) is 72.8 Å². The molecule has 0 unspecified atom stereocenters. The molecule has 0 aliphatic rings. The van der Waals surface area contributed by atoms with Crippen molar-refractivity contribution in [2.45, 2.75) is 20.3 Å². The molecule has 7 nitrogen and oxygen atoms in total. The van der Waals surface area contributed by atoms with Crippen LogP contribution in [0, 0.1) is 13.8 Å². The summed E-state index contributed by atoms with van der Waals surface area (Å²) < 4.78 is 1.31. The van der Waals surface area contributed by atoms with E-state index in [-0.39, 0.29) is 5.69 Å². The lowest BCUT2D eigenvalue weighted by Gasteiger charge is -2.14. The van der Waals surface area contributed by atoms with Gasteiger partial charge >= 0.3 is 11.8 Å². The number of nitrogens with zero attached hydrogens (tertiary/aromatic N) is 1. The van der Waals surface area contributed by atoms with E-state index in [9.17, 15) is 14.4 Å². The van der Waals surface area contributed by atoms with Crippen molar-refractivity contribution in [3.05, 3.63) is 100 Å². The van der Waals surface area contributed by atoms with Gasteiger partial charge in [0.15, 0.2) is 0 Å². The summed E-state index contributed by atoms with van der Waals surface area (Å²) in [5, 5.41) is 6.67. The smallest absolute Gasteiger partial charge is 0.328 e. The second kappa shape index (κ2) is 10.4. The molecule has 178 valence electrons. The third-order valence-corrected chi connectivity index (χ3v) is 5.91. The lowest BCUT2D eigenvalue weighted by Crippen LogP contribution is -2.40. The van der Waals surface area contributed by atoms with Gasteiger partial charge in [-0.1, -0.05) is 60.1 Å². The maximum atomic E-state index is 13.3. The lowest BCUT2D eigenvalue weighted by molar-refractivity contribution is -0.136. The van der Waals surface area contributed by atoms with Crippen LogP contribution >= 0.6 is 11.6 Å². The predicted octanol–water partition coefficient (Wildman–Crippen LogP) is 4.59. The van der Waals surface area contributed by atoms with E-state index < -0.39 is 17.7 Å². The largest absolute Gasteiger partial charge is 0.347 e. The van der Waals surface area contributed by atoms with Crippen LogP contribution in [0.2, 0.25) is 5.02 Å². The highest BCUT2D eigenvalue weighted by Crippen LogP contribution is 2.25. The average molecular weight is 489 g/mol. The molecular formula is C27H25ClN4O3. The number of carbonyl (C=O) groups excluding carboxylic acids is 3. The molecule has 0 atom stereocenters. The van der Waals surface area contributed by atoms with Gasteiger partial charge in [0, 0.05) is 22.6 Å². The number of rotatable bonds is 6. The molecule has 0 bridgehead atoms. The zero-order valence-electron chi connectivity index (χ0n) is 19.4. The van der Waals surface area contributed by atoms with E-state index in [2.05, 4.69) is 16.1 Å². The van der Waals surface area contributed by atoms with Crippen LogP contribution in [0.3, 0.4) is 0 Å². The van der Waals surface area contributed by atoms with Crippen molar-refractivity contribution in [3.8, 4) is 0 Å². The van der Waals surface area contributed by atoms with Gasteiger partial charge in [-0.2, -0.15) is 0 Å². The number of nitrogens with one attached hydrogen (secondary N) is 3. The molecule has 3 amide bonds. The van der Waals surface area contributed by atoms with Gasteiger partial charge in [-0.3, -0.25) is 19.8 Å². The van der Waals surface area contributed by atoms with Crippen molar-refractivity contribution < 1.29 is 14.4 Å². The van der Waals surface area contributed by atoms with Gasteiger partial charge < -0.3 is 10.6 Å². The van der Waals surface area contributed by atoms with Gasteiger partial charge in [-0.05, 0) is 61.2 Å². The standard InChI is InChI=1S/C27H25ClN4O3/c1-17-7-6-8-18(2)24(17)30-25(33)23-16-20-15-21(28)11-12-22(20)32(23)31-27(35)26(34)29-14-13-19-9-4-3-5-10-19/h3-12,15-16H,13-14H2,1-2H3,(H,29,34)(H,30,33)(H,31,35). The van der Waals surface area contributed by atoms with Gasteiger partial charge in [-0.25, -0.2) is 4.68 Å². The number of hydrogen-bond acceptors (Lipinski definition) is 3. The Morgan fingerprint density at radius 1 is 0.857 bits per heavy atom. The highest BCUT2D eigenvalue weighted by atomic mass is 35.5. The maximum Gasteiger partial charge on any atom is 0.328 e. The summed E-state index contributed by atoms with van der Waals surface area (Å²) in [5.74, 6) is -2.11. The predicted molar refractivity (Wildman–Crippen MR) is 138 cm³/mol. The SMILES string of the molecule is Cc1cccc(C)c1NC(=O)c1cc2cc(Cl)ccc2n1NC(=O)C(=O)NCCc1ccccc1. The number of aryl methyl sites for hydroxylation is 2. The van der Waals surface area contributed by atoms with Crippen LogP contribution in [0.5, 0.6) is 0 Å². The van der Waals surface area contributed by atoms with Crippen LogP contribution in [0.25, 0.3) is 10.9 Å². The molecule has 4 rings (SSSR count). The molecule has 3 N–H and O–H groups in total. The number of anilines is 1. The minimum Gasteiger partial charge on any atom is -0.347 e. The highest BCUT2D eigenvalue weighted by Gasteiger charge is 2.21. The summed E-state index contributed by atoms with van der Waals surface area (Å²) in [7, 11) is 0. The van der Waals surface area contributed by atoms with E-state index >= 15 is 0 Å². The van der Waals surface area contributed by atoms with Crippen LogP contribution in [-0.2, 0) is 16.0 Å². The topological polar surface area (TPSA) is 92.2 Å². The van der Waals surface area contributed by atoms with Crippen molar-refractivity contribution in [3.63, 3.8) is 0 Å². The third kappa shape index (κ3) is 5.53. The maximum absolute atomic E-state index is 13.3. The third-order valence-electron chi connectivity index (χ3n) is 5.68. The summed E-state index contributed by atoms with van der Waals surface area (Å²) in [5.41, 5.74) is 6.81. The number of halogens is 1. The van der Waals surface area contributed by atoms with E-state index in [0.29, 0.717) is 34.6 Å². The minimum atomic E-state index is -0.883. The highest BCUT2D eigenvalue weighted by molar-refractivity contribution is 6.38. The van der Waals surface area contributed by atoms with E-state index in [4.69, 9.17) is 11.6 Å². The Morgan fingerprint density at radius 2 is 1.57 bits per heavy atom. The zero-order valence-corrected chi connectivity index (χ0v) is 20.1. The van der Waals surface area contributed by atoms with Crippen molar-refractivity contribution in [1.82, 2.24) is 9.99 Å². The molecule has 3 aromatic carbocycles. The van der Waals surface area contributed by atoms with E-state index in [1.54, 1.807) is 24.3 Å². The number of fused-ring (bicyclic) bond motifs is 1. The van der Waals surface area contributed by atoms with Gasteiger partial charge in [0.05, 0.1) is 5.52 Å². The average Bonchev–Trinajstić information content (AvgIpc) is 3.19. The van der Waals surface area contributed by atoms with Crippen LogP contribution in [0.1, 0.15) is 27.2 Å². The quantitative estimate of drug-likeness (QED) is 0.346. The Labute approximate surface area is 208 Å². The van der Waals surface area contributed by atoms with Gasteiger partial charge in [0.25, 0.3) is 5.91 Å². The molecule has 0 saturated carbocycles. The van der Waals surface area contributed by atoms with Crippen molar-refractivity contribution in [1.29, 1.82) is 0 Å². The molecule has 35 heavy (non-hydrogen) atoms. The fourth-order valence-electron chi connectivity index (χ4n) is 3.86. The summed E-state index contributed by atoms with van der Waals surface area (Å²) in [4.78, 5) is 38.4. The van der Waals surface area contributed by atoms with Crippen LogP contribution < -0.4 is 16.1 Å². The molecule has 0 spiro atoms. The van der Waals surface area contributed by atoms with E-state index in [1.165, 1.54) is 4.68 Å². The van der Waals surface area contributed by atoms with Gasteiger partial charge in [0.1, 0.15) is 5.69 Å². The molecule has 0 aliphatic carbocycles. The van der Waals surface area contributed by atoms with E-state index in [1.807, 2.05) is 62.4 Å². The van der Waals surface area contributed by atoms with Crippen LogP contribution in [0.4, 0.5) is 5.69 Å². The fourth-order valence-corrected chi connectivity index (χ4v) is 4.04. The van der Waals surface area contributed by atoms with E-state index in [0.717, 1.165) is 16.7 Å². The molecule has 0 fully saturated rings. The Kier molecular flexibility index (Phi) is 7.17. The summed E-state index contributed by atoms with van der Waals surface area (Å²) in [6, 6.07) is 22.0. The number of carbonyl (C=O) groups is 3. The first-order chi connectivity index (χ1) is 16.8. The number of amides is 3. The normalized spacial score (nSPS) is 10.7. The first-order valence-electron chi connectivity index (χ1n) is 11.1. The van der Waals surface area contributed by atoms with Gasteiger partial charge in [-0.15, -0.1) is 0 Å². The Hall–Kier alpha value is -4.10. The minimum absolute atomic E-state index is 0.162. The molecular weight excluding hydrogens is 464 g/mol. The molecule has 0 saturated heterocycles. The number of para-hydroxylation sites is 1. The molecule has 1 aromatic heterocycles. The summed E-state index contributed by atoms with van der Waals surface area (Å²) >= 11 is 6.13. The van der Waals surface area contributed by atoms with Crippen molar-refractivity contribution in [2.24, 2.45) is 0 Å². The molecule has 0 aliphatic heterocycles. The number of aromatic nitrogens is 1. The van der Waals surface area contributed by atoms with Crippen molar-refractivity contribution >= 4 is 45.9 Å². The Balaban J connectivity index is 1.55. The Bertz CT molecular complexity index is 1390. The lowest BCUT2D eigenvalue weighted by atomic mass is 10.1. The van der Waals surface area contributed by atoms with Crippen molar-refractivity contribution in [2.75, 3.05) is 17.3 Å². The first-order valence-corrected chi connectivity index (χ1v) is 11.5. The molecule has 8 heteroatoms. The first kappa shape index (κ1) is 24.0.